The molecule has 0 saturated carbocycles. The highest BCUT2D eigenvalue weighted by molar-refractivity contribution is 6.30. The minimum absolute atomic E-state index is 0.133. The van der Waals surface area contributed by atoms with E-state index >= 15 is 0 Å². The molecule has 0 bridgehead atoms. The van der Waals surface area contributed by atoms with Crippen LogP contribution in [0.15, 0.2) is 42.5 Å². The Hall–Kier alpha value is -2.53. The van der Waals surface area contributed by atoms with E-state index in [1.165, 1.54) is 7.11 Å². The topological polar surface area (TPSA) is 64.6 Å². The highest BCUT2D eigenvalue weighted by atomic mass is 35.5. The molecule has 5 nitrogen and oxygen atoms in total. The van der Waals surface area contributed by atoms with Gasteiger partial charge >= 0.3 is 5.97 Å². The molecule has 0 unspecified atom stereocenters. The number of carbonyl (C=O) groups is 2. The second kappa shape index (κ2) is 9.08. The fraction of sp³-hybridized carbons (Fsp3) is 0.263. The lowest BCUT2D eigenvalue weighted by atomic mass is 10.0. The number of nitrogens with one attached hydrogen (secondary N) is 1. The van der Waals surface area contributed by atoms with Crippen LogP contribution in [0.2, 0.25) is 5.02 Å². The van der Waals surface area contributed by atoms with E-state index < -0.39 is 0 Å². The average molecular weight is 362 g/mol. The van der Waals surface area contributed by atoms with Crippen molar-refractivity contribution in [1.82, 2.24) is 0 Å². The van der Waals surface area contributed by atoms with Gasteiger partial charge in [0.25, 0.3) is 0 Å². The molecule has 0 heterocycles. The predicted molar refractivity (Wildman–Crippen MR) is 97.6 cm³/mol. The molecule has 0 atom stereocenters. The third kappa shape index (κ3) is 5.22. The van der Waals surface area contributed by atoms with E-state index in [-0.39, 0.29) is 11.8 Å². The van der Waals surface area contributed by atoms with Gasteiger partial charge in [0.15, 0.2) is 5.78 Å². The summed E-state index contributed by atoms with van der Waals surface area (Å²) in [6.07, 6.45) is 0.924. The molecule has 2 rings (SSSR count). The minimum Gasteiger partial charge on any atom is -0.497 e. The number of rotatable bonds is 8. The van der Waals surface area contributed by atoms with E-state index in [2.05, 4.69) is 10.1 Å². The molecule has 6 heteroatoms. The Kier molecular flexibility index (Phi) is 6.83. The summed E-state index contributed by atoms with van der Waals surface area (Å²) >= 11 is 5.88. The second-order valence-electron chi connectivity index (χ2n) is 5.35. The number of hydrogen-bond donors (Lipinski definition) is 1. The molecule has 0 amide bonds. The molecule has 2 aromatic carbocycles. The molecule has 0 aromatic heterocycles. The van der Waals surface area contributed by atoms with Crippen molar-refractivity contribution in [2.45, 2.75) is 12.8 Å². The number of halogens is 1. The molecular formula is C19H20ClNO4. The molecule has 25 heavy (non-hydrogen) atoms. The van der Waals surface area contributed by atoms with Crippen LogP contribution in [0.5, 0.6) is 5.75 Å². The van der Waals surface area contributed by atoms with E-state index in [4.69, 9.17) is 16.3 Å². The largest absolute Gasteiger partial charge is 0.497 e. The summed E-state index contributed by atoms with van der Waals surface area (Å²) in [5.74, 6) is 0.206. The number of hydrogen-bond acceptors (Lipinski definition) is 5. The highest BCUT2D eigenvalue weighted by Gasteiger charge is 2.15. The maximum absolute atomic E-state index is 12.8. The van der Waals surface area contributed by atoms with Gasteiger partial charge in [-0.25, -0.2) is 0 Å². The van der Waals surface area contributed by atoms with E-state index in [1.807, 2.05) is 0 Å². The summed E-state index contributed by atoms with van der Waals surface area (Å²) in [6.45, 7) is 0.544. The monoisotopic (exact) mass is 361 g/mol. The minimum atomic E-state index is -0.256. The van der Waals surface area contributed by atoms with Crippen molar-refractivity contribution in [3.8, 4) is 5.75 Å². The Labute approximate surface area is 151 Å². The van der Waals surface area contributed by atoms with Crippen LogP contribution in [0, 0.1) is 0 Å². The molecule has 0 fully saturated rings. The van der Waals surface area contributed by atoms with Crippen LogP contribution in [-0.2, 0) is 9.53 Å². The van der Waals surface area contributed by atoms with Crippen molar-refractivity contribution in [3.63, 3.8) is 0 Å². The van der Waals surface area contributed by atoms with E-state index in [9.17, 15) is 9.59 Å². The Balaban J connectivity index is 2.18. The van der Waals surface area contributed by atoms with Crippen molar-refractivity contribution >= 4 is 29.0 Å². The van der Waals surface area contributed by atoms with Crippen LogP contribution in [0.1, 0.15) is 28.8 Å². The lowest BCUT2D eigenvalue weighted by molar-refractivity contribution is -0.140. The summed E-state index contributed by atoms with van der Waals surface area (Å²) in [4.78, 5) is 24.0. The normalized spacial score (nSPS) is 10.2. The number of ether oxygens (including phenoxy) is 2. The van der Waals surface area contributed by atoms with Gasteiger partial charge in [-0.1, -0.05) is 11.6 Å². The third-order valence-electron chi connectivity index (χ3n) is 3.68. The van der Waals surface area contributed by atoms with Gasteiger partial charge in [0, 0.05) is 34.8 Å². The summed E-state index contributed by atoms with van der Waals surface area (Å²) < 4.78 is 9.84. The van der Waals surface area contributed by atoms with Gasteiger partial charge in [0.1, 0.15) is 5.75 Å². The molecule has 0 aliphatic heterocycles. The van der Waals surface area contributed by atoms with Gasteiger partial charge in [-0.3, -0.25) is 9.59 Å². The summed E-state index contributed by atoms with van der Waals surface area (Å²) in [6, 6.07) is 12.0. The summed E-state index contributed by atoms with van der Waals surface area (Å²) in [7, 11) is 2.91. The van der Waals surface area contributed by atoms with Crippen LogP contribution in [0.4, 0.5) is 5.69 Å². The van der Waals surface area contributed by atoms with Gasteiger partial charge in [0.2, 0.25) is 0 Å². The summed E-state index contributed by atoms with van der Waals surface area (Å²) in [5.41, 5.74) is 1.72. The predicted octanol–water partition coefficient (Wildman–Crippen LogP) is 3.94. The summed E-state index contributed by atoms with van der Waals surface area (Å²) in [5, 5.41) is 3.77. The fourth-order valence-corrected chi connectivity index (χ4v) is 2.43. The highest BCUT2D eigenvalue weighted by Crippen LogP contribution is 2.25. The van der Waals surface area contributed by atoms with Crippen LogP contribution in [0.25, 0.3) is 0 Å². The molecule has 0 aliphatic rings. The Morgan fingerprint density at radius 2 is 1.80 bits per heavy atom. The molecule has 2 aromatic rings. The first-order valence-electron chi connectivity index (χ1n) is 7.84. The van der Waals surface area contributed by atoms with Crippen LogP contribution >= 0.6 is 11.6 Å². The van der Waals surface area contributed by atoms with Gasteiger partial charge in [-0.05, 0) is 48.9 Å². The Morgan fingerprint density at radius 3 is 2.44 bits per heavy atom. The Bertz CT molecular complexity index is 744. The maximum atomic E-state index is 12.8. The first-order chi connectivity index (χ1) is 12.0. The lowest BCUT2D eigenvalue weighted by Crippen LogP contribution is -2.11. The average Bonchev–Trinajstić information content (AvgIpc) is 2.65. The van der Waals surface area contributed by atoms with E-state index in [0.29, 0.717) is 47.0 Å². The first-order valence-corrected chi connectivity index (χ1v) is 8.22. The number of anilines is 1. The second-order valence-corrected chi connectivity index (χ2v) is 5.79. The van der Waals surface area contributed by atoms with Gasteiger partial charge in [-0.2, -0.15) is 0 Å². The fourth-order valence-electron chi connectivity index (χ4n) is 2.31. The number of ketones is 1. The standard InChI is InChI=1S/C19H20ClNO4/c1-24-15-9-10-17(21-11-3-4-18(22)25-2)16(12-15)19(23)13-5-7-14(20)8-6-13/h5-10,12,21H,3-4,11H2,1-2H3. The number of methoxy groups -OCH3 is 2. The third-order valence-corrected chi connectivity index (χ3v) is 3.93. The van der Waals surface area contributed by atoms with Gasteiger partial charge in [0.05, 0.1) is 14.2 Å². The van der Waals surface area contributed by atoms with Crippen LogP contribution < -0.4 is 10.1 Å². The van der Waals surface area contributed by atoms with Gasteiger partial charge < -0.3 is 14.8 Å². The molecule has 132 valence electrons. The maximum Gasteiger partial charge on any atom is 0.305 e. The first kappa shape index (κ1) is 18.8. The zero-order chi connectivity index (χ0) is 18.2. The zero-order valence-electron chi connectivity index (χ0n) is 14.2. The number of esters is 1. The molecule has 0 aliphatic carbocycles. The molecule has 0 radical (unpaired) electrons. The molecular weight excluding hydrogens is 342 g/mol. The zero-order valence-corrected chi connectivity index (χ0v) is 14.9. The number of carbonyl (C=O) groups excluding carboxylic acids is 2. The van der Waals surface area contributed by atoms with Crippen molar-refractivity contribution in [3.05, 3.63) is 58.6 Å². The van der Waals surface area contributed by atoms with Crippen molar-refractivity contribution in [2.75, 3.05) is 26.1 Å². The van der Waals surface area contributed by atoms with Crippen molar-refractivity contribution in [1.29, 1.82) is 0 Å². The molecule has 1 N–H and O–H groups in total. The van der Waals surface area contributed by atoms with Crippen molar-refractivity contribution in [2.24, 2.45) is 0 Å². The number of benzene rings is 2. The van der Waals surface area contributed by atoms with E-state index in [0.717, 1.165) is 0 Å². The lowest BCUT2D eigenvalue weighted by Gasteiger charge is -2.13. The van der Waals surface area contributed by atoms with Crippen LogP contribution in [-0.4, -0.2) is 32.5 Å². The smallest absolute Gasteiger partial charge is 0.305 e. The SMILES string of the molecule is COC(=O)CCCNc1ccc(OC)cc1C(=O)c1ccc(Cl)cc1. The van der Waals surface area contributed by atoms with E-state index in [1.54, 1.807) is 49.6 Å². The molecule has 0 saturated heterocycles. The van der Waals surface area contributed by atoms with Crippen molar-refractivity contribution < 1.29 is 19.1 Å². The Morgan fingerprint density at radius 1 is 1.08 bits per heavy atom. The van der Waals surface area contributed by atoms with Crippen LogP contribution in [0.3, 0.4) is 0 Å². The quantitative estimate of drug-likeness (QED) is 0.438. The molecule has 0 spiro atoms. The van der Waals surface area contributed by atoms with Gasteiger partial charge in [-0.15, -0.1) is 0 Å².